The van der Waals surface area contributed by atoms with Gasteiger partial charge in [0.1, 0.15) is 0 Å². The van der Waals surface area contributed by atoms with Crippen molar-refractivity contribution < 1.29 is 32.3 Å². The van der Waals surface area contributed by atoms with Crippen LogP contribution in [0.5, 0.6) is 0 Å². The summed E-state index contributed by atoms with van der Waals surface area (Å²) in [4.78, 5) is 40.2. The Balaban J connectivity index is 1.95. The topological polar surface area (TPSA) is 75.7 Å². The minimum atomic E-state index is -4.49. The number of carbonyl (C=O) groups is 3. The molecular formula is C28H31F3N2O4. The average Bonchev–Trinajstić information content (AvgIpc) is 2.85. The van der Waals surface area contributed by atoms with E-state index >= 15 is 0 Å². The van der Waals surface area contributed by atoms with Gasteiger partial charge in [0.2, 0.25) is 5.91 Å². The van der Waals surface area contributed by atoms with Crippen molar-refractivity contribution in [3.63, 3.8) is 0 Å². The van der Waals surface area contributed by atoms with Crippen molar-refractivity contribution >= 4 is 17.8 Å². The molecule has 1 heterocycles. The van der Waals surface area contributed by atoms with Crippen LogP contribution in [-0.2, 0) is 27.0 Å². The average molecular weight is 517 g/mol. The summed E-state index contributed by atoms with van der Waals surface area (Å²) in [5.74, 6) is -1.87. The summed E-state index contributed by atoms with van der Waals surface area (Å²) in [6, 6.07) is 11.4. The van der Waals surface area contributed by atoms with Crippen LogP contribution in [-0.4, -0.2) is 35.3 Å². The third-order valence-corrected chi connectivity index (χ3v) is 6.48. The fourth-order valence-electron chi connectivity index (χ4n) is 4.27. The van der Waals surface area contributed by atoms with E-state index in [2.05, 4.69) is 5.32 Å². The molecule has 0 spiro atoms. The minimum Gasteiger partial charge on any atom is -0.463 e. The van der Waals surface area contributed by atoms with Crippen LogP contribution < -0.4 is 5.32 Å². The number of allylic oxidation sites excluding steroid dienone is 1. The lowest BCUT2D eigenvalue weighted by molar-refractivity contribution is -0.140. The van der Waals surface area contributed by atoms with Crippen molar-refractivity contribution in [1.82, 2.24) is 10.2 Å². The monoisotopic (exact) mass is 516 g/mol. The number of amides is 2. The molecule has 0 aliphatic carbocycles. The van der Waals surface area contributed by atoms with Gasteiger partial charge in [-0.2, -0.15) is 13.2 Å². The maximum atomic E-state index is 13.2. The molecule has 0 saturated heterocycles. The maximum absolute atomic E-state index is 13.2. The molecule has 198 valence electrons. The number of ether oxygens (including phenoxy) is 1. The lowest BCUT2D eigenvalue weighted by Crippen LogP contribution is -2.38. The number of esters is 1. The lowest BCUT2D eigenvalue weighted by atomic mass is 9.83. The van der Waals surface area contributed by atoms with Crippen molar-refractivity contribution in [3.05, 3.63) is 82.1 Å². The van der Waals surface area contributed by atoms with E-state index in [0.717, 1.165) is 18.6 Å². The zero-order chi connectivity index (χ0) is 27.3. The molecule has 9 heteroatoms. The first-order valence-corrected chi connectivity index (χ1v) is 12.2. The molecule has 0 radical (unpaired) electrons. The van der Waals surface area contributed by atoms with E-state index in [1.165, 1.54) is 17.0 Å². The van der Waals surface area contributed by atoms with E-state index in [4.69, 9.17) is 4.74 Å². The smallest absolute Gasteiger partial charge is 0.416 e. The van der Waals surface area contributed by atoms with Crippen LogP contribution in [0.2, 0.25) is 0 Å². The summed E-state index contributed by atoms with van der Waals surface area (Å²) in [7, 11) is 0. The zero-order valence-electron chi connectivity index (χ0n) is 21.3. The molecule has 2 aromatic carbocycles. The van der Waals surface area contributed by atoms with Crippen molar-refractivity contribution in [2.75, 3.05) is 6.61 Å². The zero-order valence-corrected chi connectivity index (χ0v) is 21.3. The van der Waals surface area contributed by atoms with Crippen LogP contribution in [0.15, 0.2) is 59.8 Å². The summed E-state index contributed by atoms with van der Waals surface area (Å²) < 4.78 is 44.4. The van der Waals surface area contributed by atoms with Gasteiger partial charge in [-0.15, -0.1) is 0 Å². The second-order valence-corrected chi connectivity index (χ2v) is 9.06. The first kappa shape index (κ1) is 28.0. The van der Waals surface area contributed by atoms with Gasteiger partial charge in [0.25, 0.3) is 5.91 Å². The number of nitrogens with one attached hydrogen (secondary N) is 1. The first-order chi connectivity index (χ1) is 17.5. The Kier molecular flexibility index (Phi) is 8.78. The normalized spacial score (nSPS) is 17.0. The second kappa shape index (κ2) is 11.6. The summed E-state index contributed by atoms with van der Waals surface area (Å²) >= 11 is 0. The Morgan fingerprint density at radius 3 is 2.41 bits per heavy atom. The van der Waals surface area contributed by atoms with Crippen LogP contribution in [0, 0.1) is 0 Å². The molecule has 0 saturated carbocycles. The Morgan fingerprint density at radius 2 is 1.81 bits per heavy atom. The predicted molar refractivity (Wildman–Crippen MR) is 132 cm³/mol. The number of benzene rings is 2. The summed E-state index contributed by atoms with van der Waals surface area (Å²) in [6.45, 7) is 7.39. The van der Waals surface area contributed by atoms with E-state index in [-0.39, 0.29) is 43.0 Å². The van der Waals surface area contributed by atoms with Crippen molar-refractivity contribution in [1.29, 1.82) is 0 Å². The van der Waals surface area contributed by atoms with Crippen molar-refractivity contribution in [2.24, 2.45) is 0 Å². The van der Waals surface area contributed by atoms with Gasteiger partial charge in [-0.05, 0) is 62.6 Å². The first-order valence-electron chi connectivity index (χ1n) is 12.2. The number of hydrogen-bond acceptors (Lipinski definition) is 4. The summed E-state index contributed by atoms with van der Waals surface area (Å²) in [6.07, 6.45) is -3.81. The predicted octanol–water partition coefficient (Wildman–Crippen LogP) is 5.59. The van der Waals surface area contributed by atoms with Gasteiger partial charge in [-0.3, -0.25) is 9.59 Å². The number of rotatable bonds is 8. The molecular weight excluding hydrogens is 485 g/mol. The highest BCUT2D eigenvalue weighted by Crippen LogP contribution is 2.39. The summed E-state index contributed by atoms with van der Waals surface area (Å²) in [5.41, 5.74) is 1.36. The molecule has 0 bridgehead atoms. The Labute approximate surface area is 214 Å². The largest absolute Gasteiger partial charge is 0.463 e. The Hall–Kier alpha value is -3.62. The van der Waals surface area contributed by atoms with Crippen molar-refractivity contribution in [3.8, 4) is 0 Å². The van der Waals surface area contributed by atoms with Gasteiger partial charge in [0, 0.05) is 29.6 Å². The van der Waals surface area contributed by atoms with Gasteiger partial charge in [-0.1, -0.05) is 31.2 Å². The number of alkyl halides is 3. The Bertz CT molecular complexity index is 1190. The molecule has 0 aromatic heterocycles. The fraction of sp³-hybridized carbons (Fsp3) is 0.393. The second-order valence-electron chi connectivity index (χ2n) is 9.06. The van der Waals surface area contributed by atoms with Gasteiger partial charge < -0.3 is 15.0 Å². The number of nitrogens with zero attached hydrogens (tertiary/aromatic N) is 1. The fourth-order valence-corrected chi connectivity index (χ4v) is 4.27. The van der Waals surface area contributed by atoms with E-state index in [1.807, 2.05) is 13.8 Å². The van der Waals surface area contributed by atoms with Gasteiger partial charge in [0.15, 0.2) is 0 Å². The minimum absolute atomic E-state index is 0.0132. The van der Waals surface area contributed by atoms with Crippen LogP contribution in [0.25, 0.3) is 0 Å². The highest BCUT2D eigenvalue weighted by atomic mass is 19.4. The molecule has 3 rings (SSSR count). The quantitative estimate of drug-likeness (QED) is 0.465. The van der Waals surface area contributed by atoms with Crippen molar-refractivity contribution in [2.45, 2.75) is 65.2 Å². The molecule has 6 nitrogen and oxygen atoms in total. The van der Waals surface area contributed by atoms with Crippen LogP contribution in [0.1, 0.15) is 73.5 Å². The third kappa shape index (κ3) is 6.58. The lowest BCUT2D eigenvalue weighted by Gasteiger charge is -2.34. The maximum Gasteiger partial charge on any atom is 0.416 e. The van der Waals surface area contributed by atoms with Gasteiger partial charge >= 0.3 is 12.1 Å². The number of hydrogen-bond donors (Lipinski definition) is 1. The molecule has 1 aliphatic rings. The standard InChI is InChI=1S/C28H31F3N2O4/c1-5-17(3)32-26(35)21-9-7-8-19(14-21)16-33-18(4)25(27(36)37-6-2)23(15-24(33)34)20-10-12-22(13-11-20)28(29,30)31/h7-14,17,23H,5-6,15-16H2,1-4H3,(H,32,35). The van der Waals surface area contributed by atoms with Crippen LogP contribution >= 0.6 is 0 Å². The molecule has 2 amide bonds. The SMILES string of the molecule is CCOC(=O)C1=C(C)N(Cc2cccc(C(=O)NC(C)CC)c2)C(=O)CC1c1ccc(C(F)(F)F)cc1. The van der Waals surface area contributed by atoms with Crippen LogP contribution in [0.3, 0.4) is 0 Å². The molecule has 2 unspecified atom stereocenters. The number of halogens is 3. The molecule has 2 aromatic rings. The molecule has 2 atom stereocenters. The van der Waals surface area contributed by atoms with Gasteiger partial charge in [-0.25, -0.2) is 4.79 Å². The third-order valence-electron chi connectivity index (χ3n) is 6.48. The van der Waals surface area contributed by atoms with Gasteiger partial charge in [0.05, 0.1) is 24.3 Å². The molecule has 1 aliphatic heterocycles. The molecule has 37 heavy (non-hydrogen) atoms. The number of carbonyl (C=O) groups excluding carboxylic acids is 3. The van der Waals surface area contributed by atoms with E-state index in [9.17, 15) is 27.6 Å². The van der Waals surface area contributed by atoms with Crippen LogP contribution in [0.4, 0.5) is 13.2 Å². The van der Waals surface area contributed by atoms with E-state index in [1.54, 1.807) is 38.1 Å². The highest BCUT2D eigenvalue weighted by molar-refractivity contribution is 5.96. The highest BCUT2D eigenvalue weighted by Gasteiger charge is 2.37. The van der Waals surface area contributed by atoms with E-state index < -0.39 is 23.6 Å². The summed E-state index contributed by atoms with van der Waals surface area (Å²) in [5, 5.41) is 2.91. The molecule has 0 fully saturated rings. The molecule has 1 N–H and O–H groups in total. The Morgan fingerprint density at radius 1 is 1.14 bits per heavy atom. The van der Waals surface area contributed by atoms with E-state index in [0.29, 0.717) is 22.4 Å².